The number of allylic oxidation sites excluding steroid dienone is 2. The van der Waals surface area contributed by atoms with Crippen molar-refractivity contribution in [1.82, 2.24) is 20.0 Å². The Hall–Kier alpha value is -4.56. The standard InChI is InChI=1S/C41H45ClN6O2/c1-49-38-22-29-11-14-36(28-9-4-3-5-10-28)48(37(29)24-39(38)50-2)17-15-32-25-47(46-45-32)16-7-6-8-26-18-27-20-30(19-26)40-35(21-27)44-34-23-31(42)12-13-33(34)41(40)43/h3-5,9-10,12-13,18,22-25,27,30,36H,6-8,11,14-17,19-21H2,1-2H3,(H2,43,44)/t27-,30-,36?/m1/s1. The van der Waals surface area contributed by atoms with E-state index in [1.807, 2.05) is 22.9 Å². The maximum absolute atomic E-state index is 6.77. The first-order valence-electron chi connectivity index (χ1n) is 18.0. The fourth-order valence-electron chi connectivity index (χ4n) is 8.69. The van der Waals surface area contributed by atoms with Crippen LogP contribution in [0.3, 0.4) is 0 Å². The summed E-state index contributed by atoms with van der Waals surface area (Å²) in [5.41, 5.74) is 17.4. The molecule has 8 nitrogen and oxygen atoms in total. The van der Waals surface area contributed by atoms with Gasteiger partial charge < -0.3 is 20.1 Å². The summed E-state index contributed by atoms with van der Waals surface area (Å²) >= 11 is 6.26. The number of hydrogen-bond acceptors (Lipinski definition) is 7. The SMILES string of the molecule is COc1cc2c(cc1OC)N(CCc1cn(CCCCC3=C[C@H]4Cc5nc6cc(Cl)ccc6c(N)c5[C@H](C3)C4)nn1)C(c1ccccc1)CC2. The minimum Gasteiger partial charge on any atom is -0.493 e. The largest absolute Gasteiger partial charge is 0.493 e. The number of benzene rings is 3. The third-order valence-corrected chi connectivity index (χ3v) is 11.2. The zero-order valence-electron chi connectivity index (χ0n) is 28.9. The van der Waals surface area contributed by atoms with Gasteiger partial charge in [0.15, 0.2) is 11.5 Å². The Morgan fingerprint density at radius 2 is 1.78 bits per heavy atom. The van der Waals surface area contributed by atoms with Crippen LogP contribution in [0.2, 0.25) is 5.02 Å². The lowest BCUT2D eigenvalue weighted by atomic mass is 9.70. The monoisotopic (exact) mass is 688 g/mol. The topological polar surface area (TPSA) is 91.3 Å². The highest BCUT2D eigenvalue weighted by atomic mass is 35.5. The summed E-state index contributed by atoms with van der Waals surface area (Å²) in [6.45, 7) is 1.71. The number of hydrogen-bond donors (Lipinski definition) is 1. The van der Waals surface area contributed by atoms with Crippen LogP contribution in [0.5, 0.6) is 11.5 Å². The second kappa shape index (κ2) is 14.0. The number of rotatable bonds is 11. The molecule has 0 radical (unpaired) electrons. The summed E-state index contributed by atoms with van der Waals surface area (Å²) in [6, 6.07) is 21.2. The van der Waals surface area contributed by atoms with Crippen LogP contribution in [0.4, 0.5) is 11.4 Å². The van der Waals surface area contributed by atoms with Crippen molar-refractivity contribution in [2.75, 3.05) is 31.4 Å². The minimum atomic E-state index is 0.282. The van der Waals surface area contributed by atoms with Gasteiger partial charge in [-0.3, -0.25) is 9.67 Å². The molecule has 5 aromatic rings. The zero-order valence-corrected chi connectivity index (χ0v) is 29.7. The molecule has 3 heterocycles. The third-order valence-electron chi connectivity index (χ3n) is 11.0. The smallest absolute Gasteiger partial charge is 0.162 e. The molecular formula is C41H45ClN6O2. The number of aromatic nitrogens is 4. The maximum atomic E-state index is 6.77. The van der Waals surface area contributed by atoms with Crippen LogP contribution < -0.4 is 20.1 Å². The molecule has 0 spiro atoms. The Morgan fingerprint density at radius 3 is 2.62 bits per heavy atom. The number of aryl methyl sites for hydroxylation is 2. The van der Waals surface area contributed by atoms with Crippen molar-refractivity contribution < 1.29 is 9.47 Å². The summed E-state index contributed by atoms with van der Waals surface area (Å²) in [7, 11) is 3.40. The summed E-state index contributed by atoms with van der Waals surface area (Å²) in [4.78, 5) is 7.53. The van der Waals surface area contributed by atoms with Gasteiger partial charge in [-0.25, -0.2) is 0 Å². The molecule has 2 aromatic heterocycles. The summed E-state index contributed by atoms with van der Waals surface area (Å²) in [5.74, 6) is 2.52. The van der Waals surface area contributed by atoms with E-state index in [-0.39, 0.29) is 6.04 Å². The first kappa shape index (κ1) is 32.6. The molecule has 2 N–H and O–H groups in total. The van der Waals surface area contributed by atoms with Gasteiger partial charge in [-0.15, -0.1) is 5.10 Å². The summed E-state index contributed by atoms with van der Waals surface area (Å²) < 4.78 is 13.4. The highest BCUT2D eigenvalue weighted by Gasteiger charge is 2.34. The van der Waals surface area contributed by atoms with Gasteiger partial charge >= 0.3 is 0 Å². The van der Waals surface area contributed by atoms with Crippen molar-refractivity contribution in [2.45, 2.75) is 76.3 Å². The molecule has 2 bridgehead atoms. The number of anilines is 2. The normalized spacial score (nSPS) is 19.5. The molecule has 3 aromatic carbocycles. The molecule has 3 aliphatic rings. The lowest BCUT2D eigenvalue weighted by molar-refractivity contribution is 0.353. The molecule has 8 rings (SSSR count). The Bertz CT molecular complexity index is 2040. The minimum absolute atomic E-state index is 0.282. The summed E-state index contributed by atoms with van der Waals surface area (Å²) in [6.07, 6.45) is 14.0. The number of nitrogens with zero attached hydrogens (tertiary/aromatic N) is 5. The molecule has 1 unspecified atom stereocenters. The zero-order chi connectivity index (χ0) is 34.2. The van der Waals surface area contributed by atoms with Crippen LogP contribution in [0, 0.1) is 5.92 Å². The fourth-order valence-corrected chi connectivity index (χ4v) is 8.85. The average molecular weight is 689 g/mol. The lowest BCUT2D eigenvalue weighted by Crippen LogP contribution is -2.35. The molecule has 0 amide bonds. The first-order valence-corrected chi connectivity index (χ1v) is 18.4. The van der Waals surface area contributed by atoms with Crippen LogP contribution in [0.1, 0.15) is 78.6 Å². The molecule has 0 saturated heterocycles. The Kier molecular flexibility index (Phi) is 9.13. The van der Waals surface area contributed by atoms with E-state index < -0.39 is 0 Å². The highest BCUT2D eigenvalue weighted by molar-refractivity contribution is 6.31. The number of fused-ring (bicyclic) bond motifs is 6. The molecule has 3 atom stereocenters. The van der Waals surface area contributed by atoms with Crippen LogP contribution in [0.25, 0.3) is 10.9 Å². The quantitative estimate of drug-likeness (QED) is 0.110. The molecule has 0 fully saturated rings. The van der Waals surface area contributed by atoms with E-state index in [1.165, 1.54) is 28.8 Å². The number of nitrogen functional groups attached to an aromatic ring is 1. The molecule has 0 saturated carbocycles. The van der Waals surface area contributed by atoms with E-state index in [0.717, 1.165) is 104 Å². The molecule has 50 heavy (non-hydrogen) atoms. The molecular weight excluding hydrogens is 644 g/mol. The predicted molar refractivity (Wildman–Crippen MR) is 200 cm³/mol. The van der Waals surface area contributed by atoms with E-state index in [0.29, 0.717) is 16.9 Å². The first-order chi connectivity index (χ1) is 24.5. The molecule has 1 aliphatic heterocycles. The molecule has 2 aliphatic carbocycles. The van der Waals surface area contributed by atoms with Crippen molar-refractivity contribution >= 4 is 33.9 Å². The Labute approximate surface area is 299 Å². The van der Waals surface area contributed by atoms with Gasteiger partial charge in [-0.1, -0.05) is 58.8 Å². The van der Waals surface area contributed by atoms with E-state index in [4.69, 9.17) is 31.8 Å². The van der Waals surface area contributed by atoms with Crippen molar-refractivity contribution in [3.8, 4) is 11.5 Å². The van der Waals surface area contributed by atoms with Gasteiger partial charge in [0.25, 0.3) is 0 Å². The van der Waals surface area contributed by atoms with Crippen molar-refractivity contribution in [1.29, 1.82) is 0 Å². The molecule has 9 heteroatoms. The number of unbranched alkanes of at least 4 members (excludes halogenated alkanes) is 1. The van der Waals surface area contributed by atoms with Crippen LogP contribution >= 0.6 is 11.6 Å². The van der Waals surface area contributed by atoms with Crippen molar-refractivity contribution in [2.24, 2.45) is 5.92 Å². The van der Waals surface area contributed by atoms with E-state index in [1.54, 1.807) is 19.8 Å². The number of ether oxygens (including phenoxy) is 2. The van der Waals surface area contributed by atoms with Gasteiger partial charge in [0.05, 0.1) is 31.5 Å². The second-order valence-corrected chi connectivity index (χ2v) is 14.6. The predicted octanol–water partition coefficient (Wildman–Crippen LogP) is 8.66. The average Bonchev–Trinajstić information content (AvgIpc) is 3.59. The number of nitrogens with two attached hydrogens (primary N) is 1. The molecule has 258 valence electrons. The highest BCUT2D eigenvalue weighted by Crippen LogP contribution is 2.48. The van der Waals surface area contributed by atoms with E-state index in [2.05, 4.69) is 69.9 Å². The van der Waals surface area contributed by atoms with Gasteiger partial charge in [0.2, 0.25) is 0 Å². The second-order valence-electron chi connectivity index (χ2n) is 14.1. The lowest BCUT2D eigenvalue weighted by Gasteiger charge is -2.39. The van der Waals surface area contributed by atoms with Crippen molar-refractivity contribution in [3.63, 3.8) is 0 Å². The Morgan fingerprint density at radius 1 is 0.940 bits per heavy atom. The number of halogens is 1. The van der Waals surface area contributed by atoms with Crippen LogP contribution in [-0.2, 0) is 25.8 Å². The Balaban J connectivity index is 0.887. The number of methoxy groups -OCH3 is 2. The van der Waals surface area contributed by atoms with Crippen LogP contribution in [-0.4, -0.2) is 40.7 Å². The fraction of sp³-hybridized carbons (Fsp3) is 0.390. The van der Waals surface area contributed by atoms with E-state index >= 15 is 0 Å². The summed E-state index contributed by atoms with van der Waals surface area (Å²) in [5, 5.41) is 10.8. The van der Waals surface area contributed by atoms with Gasteiger partial charge in [-0.05, 0) is 98.6 Å². The van der Waals surface area contributed by atoms with Gasteiger partial charge in [0, 0.05) is 64.8 Å². The van der Waals surface area contributed by atoms with Gasteiger partial charge in [0.1, 0.15) is 0 Å². The van der Waals surface area contributed by atoms with E-state index in [9.17, 15) is 0 Å². The number of pyridine rings is 1. The third kappa shape index (κ3) is 6.41. The van der Waals surface area contributed by atoms with Gasteiger partial charge in [-0.2, -0.15) is 0 Å². The van der Waals surface area contributed by atoms with Crippen molar-refractivity contribution in [3.05, 3.63) is 112 Å². The maximum Gasteiger partial charge on any atom is 0.162 e. The van der Waals surface area contributed by atoms with Crippen LogP contribution in [0.15, 0.2) is 78.5 Å².